The Balaban J connectivity index is 2.09. The molecule has 0 bridgehead atoms. The van der Waals surface area contributed by atoms with Gasteiger partial charge >= 0.3 is 6.09 Å². The van der Waals surface area contributed by atoms with E-state index in [0.717, 1.165) is 19.3 Å². The summed E-state index contributed by atoms with van der Waals surface area (Å²) >= 11 is 0. The Morgan fingerprint density at radius 2 is 2.07 bits per heavy atom. The Hall–Kier alpha value is -1.87. The van der Waals surface area contributed by atoms with Crippen LogP contribution in [0.1, 0.15) is 53.9 Å². The average Bonchev–Trinajstić information content (AvgIpc) is 2.85. The SMILES string of the molecule is CC(C)(C)CC(CNc1cccc(S(N)(=O)=O)n1)C[C@@H]1CN(C(=O)O)C(C)(C)C1. The zero-order valence-corrected chi connectivity index (χ0v) is 18.8. The van der Waals surface area contributed by atoms with Crippen molar-refractivity contribution >= 4 is 21.9 Å². The summed E-state index contributed by atoms with van der Waals surface area (Å²) in [6, 6.07) is 4.69. The van der Waals surface area contributed by atoms with Crippen LogP contribution in [0.5, 0.6) is 0 Å². The largest absolute Gasteiger partial charge is 0.465 e. The molecule has 0 saturated carbocycles. The van der Waals surface area contributed by atoms with Crippen LogP contribution in [0.2, 0.25) is 0 Å². The van der Waals surface area contributed by atoms with Crippen LogP contribution in [0.4, 0.5) is 10.6 Å². The first-order valence-electron chi connectivity index (χ1n) is 9.92. The smallest absolute Gasteiger partial charge is 0.407 e. The normalized spacial score (nSPS) is 20.5. The van der Waals surface area contributed by atoms with Crippen molar-refractivity contribution in [3.8, 4) is 0 Å². The third-order valence-corrected chi connectivity index (χ3v) is 6.16. The molecule has 1 aliphatic heterocycles. The van der Waals surface area contributed by atoms with Gasteiger partial charge in [0.05, 0.1) is 0 Å². The van der Waals surface area contributed by atoms with Crippen molar-refractivity contribution in [3.63, 3.8) is 0 Å². The van der Waals surface area contributed by atoms with E-state index in [2.05, 4.69) is 31.1 Å². The summed E-state index contributed by atoms with van der Waals surface area (Å²) in [5, 5.41) is 17.7. The van der Waals surface area contributed by atoms with Gasteiger partial charge in [0.1, 0.15) is 5.82 Å². The summed E-state index contributed by atoms with van der Waals surface area (Å²) in [7, 11) is -3.85. The van der Waals surface area contributed by atoms with Gasteiger partial charge in [-0.2, -0.15) is 0 Å². The molecule has 1 fully saturated rings. The third-order valence-electron chi connectivity index (χ3n) is 5.35. The molecule has 1 saturated heterocycles. The summed E-state index contributed by atoms with van der Waals surface area (Å²) in [5.74, 6) is 1.05. The third kappa shape index (κ3) is 6.85. The first-order valence-corrected chi connectivity index (χ1v) is 11.5. The molecule has 1 unspecified atom stereocenters. The van der Waals surface area contributed by atoms with Crippen molar-refractivity contribution in [2.45, 2.75) is 64.4 Å². The van der Waals surface area contributed by atoms with E-state index in [9.17, 15) is 18.3 Å². The molecule has 0 aromatic carbocycles. The van der Waals surface area contributed by atoms with Crippen LogP contribution < -0.4 is 10.5 Å². The minimum atomic E-state index is -3.85. The lowest BCUT2D eigenvalue weighted by molar-refractivity contribution is 0.116. The van der Waals surface area contributed by atoms with E-state index in [1.165, 1.54) is 11.0 Å². The predicted molar refractivity (Wildman–Crippen MR) is 113 cm³/mol. The van der Waals surface area contributed by atoms with Crippen molar-refractivity contribution in [2.24, 2.45) is 22.4 Å². The molecule has 0 spiro atoms. The molecule has 1 aromatic rings. The molecule has 0 radical (unpaired) electrons. The lowest BCUT2D eigenvalue weighted by atomic mass is 9.79. The van der Waals surface area contributed by atoms with Crippen LogP contribution in [0.3, 0.4) is 0 Å². The molecule has 9 heteroatoms. The molecule has 0 aliphatic carbocycles. The molecule has 1 aliphatic rings. The quantitative estimate of drug-likeness (QED) is 0.614. The first-order chi connectivity index (χ1) is 13.2. The number of carbonyl (C=O) groups is 1. The fourth-order valence-electron chi connectivity index (χ4n) is 4.38. The Bertz CT molecular complexity index is 833. The number of carboxylic acid groups (broad SMARTS) is 1. The van der Waals surface area contributed by atoms with Gasteiger partial charge in [0.2, 0.25) is 0 Å². The zero-order chi connectivity index (χ0) is 22.0. The summed E-state index contributed by atoms with van der Waals surface area (Å²) in [6.07, 6.45) is 1.82. The highest BCUT2D eigenvalue weighted by Gasteiger charge is 2.42. The second kappa shape index (κ2) is 8.47. The van der Waals surface area contributed by atoms with E-state index in [-0.39, 0.29) is 16.0 Å². The maximum Gasteiger partial charge on any atom is 0.407 e. The van der Waals surface area contributed by atoms with Crippen molar-refractivity contribution in [1.29, 1.82) is 0 Å². The fraction of sp³-hybridized carbons (Fsp3) is 0.700. The summed E-state index contributed by atoms with van der Waals surface area (Å²) in [6.45, 7) is 11.7. The number of rotatable bonds is 7. The summed E-state index contributed by atoms with van der Waals surface area (Å²) in [4.78, 5) is 17.2. The van der Waals surface area contributed by atoms with Crippen LogP contribution in [-0.4, -0.2) is 48.1 Å². The van der Waals surface area contributed by atoms with E-state index in [1.807, 2.05) is 13.8 Å². The molecule has 1 aromatic heterocycles. The topological polar surface area (TPSA) is 126 Å². The van der Waals surface area contributed by atoms with Crippen molar-refractivity contribution in [1.82, 2.24) is 9.88 Å². The Kier molecular flexibility index (Phi) is 6.84. The maximum atomic E-state index is 11.5. The minimum Gasteiger partial charge on any atom is -0.465 e. The number of hydrogen-bond acceptors (Lipinski definition) is 5. The number of likely N-dealkylation sites (tertiary alicyclic amines) is 1. The number of amides is 1. The highest BCUT2D eigenvalue weighted by Crippen LogP contribution is 2.38. The van der Waals surface area contributed by atoms with Crippen molar-refractivity contribution in [3.05, 3.63) is 18.2 Å². The standard InChI is InChI=1S/C20H34N4O4S/c1-19(2,3)10-14(9-15-11-20(4,5)24(13-15)18(25)26)12-22-16-7-6-8-17(23-16)29(21,27)28/h6-8,14-15H,9-13H2,1-5H3,(H,22,23)(H,25,26)(H2,21,27,28)/t14?,15-/m0/s1. The van der Waals surface area contributed by atoms with Gasteiger partial charge in [-0.05, 0) is 62.5 Å². The Morgan fingerprint density at radius 3 is 2.59 bits per heavy atom. The minimum absolute atomic E-state index is 0.114. The van der Waals surface area contributed by atoms with Crippen LogP contribution in [0.15, 0.2) is 23.2 Å². The molecule has 4 N–H and O–H groups in total. The van der Waals surface area contributed by atoms with Gasteiger partial charge in [0.25, 0.3) is 10.0 Å². The van der Waals surface area contributed by atoms with Gasteiger partial charge in [-0.3, -0.25) is 0 Å². The summed E-state index contributed by atoms with van der Waals surface area (Å²) < 4.78 is 23.0. The molecule has 2 rings (SSSR count). The molecule has 2 atom stereocenters. The molecular weight excluding hydrogens is 392 g/mol. The molecule has 8 nitrogen and oxygen atoms in total. The van der Waals surface area contributed by atoms with Gasteiger partial charge in [-0.25, -0.2) is 23.3 Å². The number of nitrogens with one attached hydrogen (secondary N) is 1. The van der Waals surface area contributed by atoms with Gasteiger partial charge < -0.3 is 15.3 Å². The van der Waals surface area contributed by atoms with Crippen LogP contribution >= 0.6 is 0 Å². The lowest BCUT2D eigenvalue weighted by Crippen LogP contribution is -2.41. The zero-order valence-electron chi connectivity index (χ0n) is 18.0. The van der Waals surface area contributed by atoms with E-state index in [0.29, 0.717) is 30.7 Å². The van der Waals surface area contributed by atoms with E-state index >= 15 is 0 Å². The number of aromatic nitrogens is 1. The number of anilines is 1. The van der Waals surface area contributed by atoms with Gasteiger partial charge in [-0.15, -0.1) is 0 Å². The van der Waals surface area contributed by atoms with Gasteiger partial charge in [0, 0.05) is 18.6 Å². The molecular formula is C20H34N4O4S. The van der Waals surface area contributed by atoms with Crippen LogP contribution in [0.25, 0.3) is 0 Å². The molecule has 29 heavy (non-hydrogen) atoms. The molecule has 164 valence electrons. The lowest BCUT2D eigenvalue weighted by Gasteiger charge is -2.28. The highest BCUT2D eigenvalue weighted by molar-refractivity contribution is 7.89. The maximum absolute atomic E-state index is 11.5. The van der Waals surface area contributed by atoms with Gasteiger partial charge in [0.15, 0.2) is 5.03 Å². The second-order valence-corrected chi connectivity index (χ2v) is 11.4. The number of sulfonamides is 1. The van der Waals surface area contributed by atoms with Crippen molar-refractivity contribution < 1.29 is 18.3 Å². The number of nitrogens with two attached hydrogens (primary N) is 1. The molecule has 2 heterocycles. The van der Waals surface area contributed by atoms with Crippen LogP contribution in [-0.2, 0) is 10.0 Å². The van der Waals surface area contributed by atoms with Gasteiger partial charge in [-0.1, -0.05) is 26.8 Å². The first kappa shape index (κ1) is 23.4. The Labute approximate surface area is 173 Å². The Morgan fingerprint density at radius 1 is 1.41 bits per heavy atom. The number of primary sulfonamides is 1. The number of hydrogen-bond donors (Lipinski definition) is 3. The highest BCUT2D eigenvalue weighted by atomic mass is 32.2. The number of pyridine rings is 1. The van der Waals surface area contributed by atoms with E-state index in [4.69, 9.17) is 5.14 Å². The van der Waals surface area contributed by atoms with Crippen LogP contribution in [0, 0.1) is 17.3 Å². The number of nitrogens with zero attached hydrogens (tertiary/aromatic N) is 2. The van der Waals surface area contributed by atoms with E-state index in [1.54, 1.807) is 12.1 Å². The van der Waals surface area contributed by atoms with E-state index < -0.39 is 16.1 Å². The summed E-state index contributed by atoms with van der Waals surface area (Å²) in [5.41, 5.74) is -0.246. The molecule has 1 amide bonds. The second-order valence-electron chi connectivity index (χ2n) is 9.93. The fourth-order valence-corrected chi connectivity index (χ4v) is 4.87. The van der Waals surface area contributed by atoms with Crippen molar-refractivity contribution in [2.75, 3.05) is 18.4 Å². The average molecular weight is 427 g/mol. The monoisotopic (exact) mass is 426 g/mol. The predicted octanol–water partition coefficient (Wildman–Crippen LogP) is 3.36.